The highest BCUT2D eigenvalue weighted by Gasteiger charge is 2.59. The standard InChI is InChI=1S/C20H25F3N2O/c1-13(14-3-2-4-15(11-14)20(21,22)23)25(16-5-6-16)18(26)17-12-19(17)7-9-24-10-8-19/h2-4,11,13,16-17,24H,5-10,12H2,1H3. The number of hydrogen-bond acceptors (Lipinski definition) is 2. The molecule has 1 aliphatic heterocycles. The number of carbonyl (C=O) groups excluding carboxylic acids is 1. The van der Waals surface area contributed by atoms with E-state index < -0.39 is 11.7 Å². The Bertz CT molecular complexity index is 693. The number of halogens is 3. The van der Waals surface area contributed by atoms with Crippen LogP contribution < -0.4 is 5.32 Å². The minimum atomic E-state index is -4.36. The molecule has 0 aromatic heterocycles. The van der Waals surface area contributed by atoms with Gasteiger partial charge in [0.05, 0.1) is 11.6 Å². The van der Waals surface area contributed by atoms with Gasteiger partial charge in [-0.15, -0.1) is 0 Å². The molecule has 1 amide bonds. The van der Waals surface area contributed by atoms with Crippen LogP contribution in [0.3, 0.4) is 0 Å². The number of amides is 1. The number of alkyl halides is 3. The van der Waals surface area contributed by atoms with Crippen molar-refractivity contribution >= 4 is 5.91 Å². The van der Waals surface area contributed by atoms with Gasteiger partial charge in [-0.3, -0.25) is 4.79 Å². The minimum absolute atomic E-state index is 0.0541. The molecule has 1 aromatic rings. The van der Waals surface area contributed by atoms with Crippen LogP contribution in [0.5, 0.6) is 0 Å². The van der Waals surface area contributed by atoms with Gasteiger partial charge in [0.2, 0.25) is 5.91 Å². The number of benzene rings is 1. The summed E-state index contributed by atoms with van der Waals surface area (Å²) in [6.45, 7) is 3.77. The quantitative estimate of drug-likeness (QED) is 0.868. The van der Waals surface area contributed by atoms with Crippen molar-refractivity contribution in [2.24, 2.45) is 11.3 Å². The van der Waals surface area contributed by atoms with Gasteiger partial charge in [-0.25, -0.2) is 0 Å². The molecule has 1 saturated heterocycles. The smallest absolute Gasteiger partial charge is 0.333 e. The van der Waals surface area contributed by atoms with Gasteiger partial charge in [-0.1, -0.05) is 12.1 Å². The fourth-order valence-corrected chi connectivity index (χ4v) is 4.53. The van der Waals surface area contributed by atoms with E-state index >= 15 is 0 Å². The Morgan fingerprint density at radius 2 is 1.96 bits per heavy atom. The van der Waals surface area contributed by atoms with Gasteiger partial charge >= 0.3 is 6.18 Å². The fourth-order valence-electron chi connectivity index (χ4n) is 4.53. The van der Waals surface area contributed by atoms with Crippen molar-refractivity contribution in [3.05, 3.63) is 35.4 Å². The molecule has 1 N–H and O–H groups in total. The molecule has 2 saturated carbocycles. The number of nitrogens with one attached hydrogen (secondary N) is 1. The average Bonchev–Trinajstić information content (AvgIpc) is 3.53. The monoisotopic (exact) mass is 366 g/mol. The van der Waals surface area contributed by atoms with E-state index in [-0.39, 0.29) is 29.3 Å². The summed E-state index contributed by atoms with van der Waals surface area (Å²) in [5.74, 6) is 0.206. The molecule has 1 heterocycles. The third kappa shape index (κ3) is 3.24. The van der Waals surface area contributed by atoms with E-state index in [1.807, 2.05) is 11.8 Å². The van der Waals surface area contributed by atoms with Crippen molar-refractivity contribution in [1.29, 1.82) is 0 Å². The van der Waals surface area contributed by atoms with Crippen LogP contribution in [0.2, 0.25) is 0 Å². The van der Waals surface area contributed by atoms with E-state index in [0.29, 0.717) is 5.56 Å². The molecule has 3 nitrogen and oxygen atoms in total. The van der Waals surface area contributed by atoms with Gasteiger partial charge in [0.25, 0.3) is 0 Å². The fraction of sp³-hybridized carbons (Fsp3) is 0.650. The molecule has 26 heavy (non-hydrogen) atoms. The minimum Gasteiger partial charge on any atom is -0.333 e. The van der Waals surface area contributed by atoms with E-state index in [4.69, 9.17) is 0 Å². The van der Waals surface area contributed by atoms with Crippen LogP contribution in [0.4, 0.5) is 13.2 Å². The molecule has 6 heteroatoms. The first-order valence-corrected chi connectivity index (χ1v) is 9.52. The molecule has 0 radical (unpaired) electrons. The molecule has 0 bridgehead atoms. The highest BCUT2D eigenvalue weighted by atomic mass is 19.4. The third-order valence-electron chi connectivity index (χ3n) is 6.40. The van der Waals surface area contributed by atoms with Crippen molar-refractivity contribution < 1.29 is 18.0 Å². The van der Waals surface area contributed by atoms with Crippen LogP contribution >= 0.6 is 0 Å². The van der Waals surface area contributed by atoms with Crippen LogP contribution in [0.15, 0.2) is 24.3 Å². The predicted octanol–water partition coefficient (Wildman–Crippen LogP) is 4.15. The van der Waals surface area contributed by atoms with Crippen LogP contribution in [0.1, 0.15) is 56.2 Å². The molecule has 2 aliphatic carbocycles. The molecular weight excluding hydrogens is 341 g/mol. The lowest BCUT2D eigenvalue weighted by atomic mass is 9.91. The summed E-state index contributed by atoms with van der Waals surface area (Å²) in [6, 6.07) is 5.29. The molecule has 2 unspecified atom stereocenters. The summed E-state index contributed by atoms with van der Waals surface area (Å²) in [7, 11) is 0. The van der Waals surface area contributed by atoms with E-state index in [1.165, 1.54) is 12.1 Å². The molecule has 1 aromatic carbocycles. The zero-order valence-corrected chi connectivity index (χ0v) is 15.0. The topological polar surface area (TPSA) is 32.3 Å². The summed E-state index contributed by atoms with van der Waals surface area (Å²) >= 11 is 0. The van der Waals surface area contributed by atoms with E-state index in [1.54, 1.807) is 6.07 Å². The second-order valence-electron chi connectivity index (χ2n) is 8.14. The number of nitrogens with zero attached hydrogens (tertiary/aromatic N) is 1. The maximum atomic E-state index is 13.2. The first-order valence-electron chi connectivity index (χ1n) is 9.52. The van der Waals surface area contributed by atoms with Gasteiger partial charge in [0.1, 0.15) is 0 Å². The lowest BCUT2D eigenvalue weighted by Gasteiger charge is -2.32. The second-order valence-corrected chi connectivity index (χ2v) is 8.14. The molecule has 1 spiro atoms. The van der Waals surface area contributed by atoms with E-state index in [2.05, 4.69) is 5.32 Å². The maximum absolute atomic E-state index is 13.2. The van der Waals surface area contributed by atoms with Gasteiger partial charge < -0.3 is 10.2 Å². The van der Waals surface area contributed by atoms with Crippen molar-refractivity contribution in [3.8, 4) is 0 Å². The lowest BCUT2D eigenvalue weighted by Crippen LogP contribution is -2.39. The van der Waals surface area contributed by atoms with E-state index in [9.17, 15) is 18.0 Å². The van der Waals surface area contributed by atoms with Crippen molar-refractivity contribution in [1.82, 2.24) is 10.2 Å². The van der Waals surface area contributed by atoms with Gasteiger partial charge in [-0.2, -0.15) is 13.2 Å². The van der Waals surface area contributed by atoms with Crippen molar-refractivity contribution in [3.63, 3.8) is 0 Å². The summed E-state index contributed by atoms with van der Waals surface area (Å²) in [5, 5.41) is 3.34. The summed E-state index contributed by atoms with van der Waals surface area (Å²) < 4.78 is 39.2. The first kappa shape index (κ1) is 17.8. The molecule has 3 aliphatic rings. The first-order chi connectivity index (χ1) is 12.3. The Labute approximate surface area is 151 Å². The Hall–Kier alpha value is -1.56. The molecule has 142 valence electrons. The Morgan fingerprint density at radius 1 is 1.27 bits per heavy atom. The number of carbonyl (C=O) groups is 1. The lowest BCUT2D eigenvalue weighted by molar-refractivity contribution is -0.137. The number of piperidine rings is 1. The Balaban J connectivity index is 1.55. The summed E-state index contributed by atoms with van der Waals surface area (Å²) in [4.78, 5) is 15.1. The molecular formula is C20H25F3N2O. The third-order valence-corrected chi connectivity index (χ3v) is 6.40. The van der Waals surface area contributed by atoms with Gasteiger partial charge in [0.15, 0.2) is 0 Å². The van der Waals surface area contributed by atoms with Crippen molar-refractivity contribution in [2.45, 2.75) is 57.3 Å². The van der Waals surface area contributed by atoms with Crippen LogP contribution in [0, 0.1) is 11.3 Å². The van der Waals surface area contributed by atoms with Gasteiger partial charge in [0, 0.05) is 12.0 Å². The SMILES string of the molecule is CC(c1cccc(C(F)(F)F)c1)N(C(=O)C1CC12CCNCC2)C1CC1. The number of hydrogen-bond donors (Lipinski definition) is 1. The van der Waals surface area contributed by atoms with Gasteiger partial charge in [-0.05, 0) is 75.2 Å². The van der Waals surface area contributed by atoms with Crippen LogP contribution in [-0.4, -0.2) is 29.9 Å². The highest BCUT2D eigenvalue weighted by molar-refractivity contribution is 5.83. The normalized spacial score (nSPS) is 25.8. The van der Waals surface area contributed by atoms with Crippen LogP contribution in [-0.2, 0) is 11.0 Å². The Kier molecular flexibility index (Phi) is 4.29. The average molecular weight is 366 g/mol. The number of rotatable bonds is 4. The summed E-state index contributed by atoms with van der Waals surface area (Å²) in [6.07, 6.45) is 0.540. The highest BCUT2D eigenvalue weighted by Crippen LogP contribution is 2.60. The van der Waals surface area contributed by atoms with E-state index in [0.717, 1.165) is 51.3 Å². The second kappa shape index (κ2) is 6.25. The van der Waals surface area contributed by atoms with Crippen LogP contribution in [0.25, 0.3) is 0 Å². The zero-order valence-electron chi connectivity index (χ0n) is 15.0. The Morgan fingerprint density at radius 3 is 2.58 bits per heavy atom. The molecule has 4 rings (SSSR count). The molecule has 2 atom stereocenters. The largest absolute Gasteiger partial charge is 0.416 e. The molecule has 3 fully saturated rings. The summed E-state index contributed by atoms with van der Waals surface area (Å²) in [5.41, 5.74) is 0.0644. The maximum Gasteiger partial charge on any atom is 0.416 e. The van der Waals surface area contributed by atoms with Crippen molar-refractivity contribution in [2.75, 3.05) is 13.1 Å². The predicted molar refractivity (Wildman–Crippen MR) is 92.4 cm³/mol. The zero-order chi connectivity index (χ0) is 18.5.